The van der Waals surface area contributed by atoms with E-state index in [0.29, 0.717) is 44.0 Å². The van der Waals surface area contributed by atoms with Crippen molar-refractivity contribution in [3.05, 3.63) is 74.4 Å². The summed E-state index contributed by atoms with van der Waals surface area (Å²) in [7, 11) is 0. The lowest BCUT2D eigenvalue weighted by atomic mass is 10.1. The topological polar surface area (TPSA) is 136 Å². The Labute approximate surface area is 299 Å². The molecule has 17 heteroatoms. The summed E-state index contributed by atoms with van der Waals surface area (Å²) < 4.78 is 60.4. The van der Waals surface area contributed by atoms with Crippen molar-refractivity contribution in [2.45, 2.75) is 65.7 Å². The number of carbonyl (C=O) groups excluding carboxylic acids is 2. The molecule has 0 atom stereocenters. The lowest BCUT2D eigenvalue weighted by Gasteiger charge is -2.37. The predicted octanol–water partition coefficient (Wildman–Crippen LogP) is 6.26. The number of alkyl halides is 3. The molecule has 2 aromatic carbocycles. The minimum atomic E-state index is -4.71. The van der Waals surface area contributed by atoms with E-state index in [9.17, 15) is 27.6 Å². The Hall–Kier alpha value is -5.09. The molecule has 1 fully saturated rings. The fraction of sp³-hybridized carbons (Fsp3) is 0.400. The van der Waals surface area contributed by atoms with Gasteiger partial charge in [0, 0.05) is 37.1 Å². The van der Waals surface area contributed by atoms with Crippen molar-refractivity contribution in [1.82, 2.24) is 24.1 Å². The van der Waals surface area contributed by atoms with Gasteiger partial charge >= 0.3 is 12.3 Å². The molecule has 1 saturated heterocycles. The second kappa shape index (κ2) is 13.2. The van der Waals surface area contributed by atoms with Gasteiger partial charge in [0.2, 0.25) is 11.7 Å². The van der Waals surface area contributed by atoms with Crippen molar-refractivity contribution in [3.8, 4) is 11.4 Å². The van der Waals surface area contributed by atoms with E-state index in [0.717, 1.165) is 34.0 Å². The largest absolute Gasteiger partial charge is 0.462 e. The summed E-state index contributed by atoms with van der Waals surface area (Å²) in [5, 5.41) is 6.60. The maximum atomic E-state index is 14.3. The van der Waals surface area contributed by atoms with Crippen molar-refractivity contribution in [2.75, 3.05) is 36.4 Å². The number of benzene rings is 2. The fourth-order valence-electron chi connectivity index (χ4n) is 6.58. The second-order valence-corrected chi connectivity index (χ2v) is 14.0. The third kappa shape index (κ3) is 6.56. The first-order valence-corrected chi connectivity index (χ1v) is 17.0. The molecule has 5 heterocycles. The summed E-state index contributed by atoms with van der Waals surface area (Å²) in [6.07, 6.45) is -3.79. The van der Waals surface area contributed by atoms with Crippen LogP contribution in [0.1, 0.15) is 50.1 Å². The molecule has 52 heavy (non-hydrogen) atoms. The lowest BCUT2D eigenvalue weighted by molar-refractivity contribution is -0.136. The number of aromatic nitrogens is 4. The smallest absolute Gasteiger partial charge is 0.417 e. The van der Waals surface area contributed by atoms with Gasteiger partial charge in [-0.1, -0.05) is 30.7 Å². The molecular weight excluding hydrogens is 707 g/mol. The third-order valence-corrected chi connectivity index (χ3v) is 9.25. The van der Waals surface area contributed by atoms with Crippen molar-refractivity contribution in [3.63, 3.8) is 0 Å². The number of nitrogens with one attached hydrogen (secondary N) is 1. The van der Waals surface area contributed by atoms with Gasteiger partial charge in [0.15, 0.2) is 11.4 Å². The molecule has 274 valence electrons. The van der Waals surface area contributed by atoms with Crippen LogP contribution < -0.4 is 15.8 Å². The summed E-state index contributed by atoms with van der Waals surface area (Å²) in [6.45, 7) is 8.85. The van der Waals surface area contributed by atoms with Gasteiger partial charge in [0.25, 0.3) is 5.56 Å². The molecule has 13 nitrogen and oxygen atoms in total. The van der Waals surface area contributed by atoms with E-state index in [1.165, 1.54) is 0 Å². The lowest BCUT2D eigenvalue weighted by Crippen LogP contribution is -2.51. The first kappa shape index (κ1) is 35.3. The van der Waals surface area contributed by atoms with Crippen LogP contribution in [0.2, 0.25) is 5.02 Å². The number of anilines is 2. The highest BCUT2D eigenvalue weighted by molar-refractivity contribution is 6.35. The molecule has 0 unspecified atom stereocenters. The molecule has 7 rings (SSSR count). The van der Waals surface area contributed by atoms with Crippen LogP contribution in [0.15, 0.2) is 45.8 Å². The van der Waals surface area contributed by atoms with E-state index < -0.39 is 41.4 Å². The number of halogens is 4. The molecule has 2 amide bonds. The molecule has 0 bridgehead atoms. The van der Waals surface area contributed by atoms with Gasteiger partial charge in [-0.3, -0.25) is 9.59 Å². The average Bonchev–Trinajstić information content (AvgIpc) is 3.86. The number of ether oxygens (including phenoxy) is 2. The van der Waals surface area contributed by atoms with Gasteiger partial charge in [-0.2, -0.15) is 22.7 Å². The number of fused-ring (bicyclic) bond motifs is 3. The quantitative estimate of drug-likeness (QED) is 0.214. The number of hydrogen-bond acceptors (Lipinski definition) is 9. The van der Waals surface area contributed by atoms with Gasteiger partial charge in [0.05, 0.1) is 35.8 Å². The van der Waals surface area contributed by atoms with Crippen LogP contribution in [0, 0.1) is 0 Å². The van der Waals surface area contributed by atoms with Gasteiger partial charge in [-0.15, -0.1) is 5.10 Å². The third-order valence-electron chi connectivity index (χ3n) is 8.95. The van der Waals surface area contributed by atoms with Gasteiger partial charge < -0.3 is 33.6 Å². The van der Waals surface area contributed by atoms with E-state index in [1.54, 1.807) is 30.2 Å². The number of furan rings is 1. The molecule has 3 aromatic heterocycles. The molecular formula is C35H35ClF3N7O6. The highest BCUT2D eigenvalue weighted by Gasteiger charge is 2.35. The van der Waals surface area contributed by atoms with Crippen LogP contribution in [0.3, 0.4) is 0 Å². The maximum absolute atomic E-state index is 14.3. The van der Waals surface area contributed by atoms with E-state index in [4.69, 9.17) is 30.5 Å². The highest BCUT2D eigenvalue weighted by Crippen LogP contribution is 2.42. The van der Waals surface area contributed by atoms with Gasteiger partial charge in [-0.25, -0.2) is 4.79 Å². The van der Waals surface area contributed by atoms with Crippen molar-refractivity contribution in [1.29, 1.82) is 0 Å². The highest BCUT2D eigenvalue weighted by atomic mass is 35.5. The van der Waals surface area contributed by atoms with Gasteiger partial charge in [0.1, 0.15) is 23.5 Å². The molecule has 1 N–H and O–H groups in total. The van der Waals surface area contributed by atoms with E-state index >= 15 is 0 Å². The zero-order valence-electron chi connectivity index (χ0n) is 28.8. The van der Waals surface area contributed by atoms with Crippen LogP contribution in [-0.4, -0.2) is 67.8 Å². The van der Waals surface area contributed by atoms with Crippen LogP contribution in [-0.2, 0) is 46.6 Å². The maximum Gasteiger partial charge on any atom is 0.417 e. The minimum absolute atomic E-state index is 0.0848. The first-order chi connectivity index (χ1) is 24.6. The molecule has 0 saturated carbocycles. The SMILES string of the molecule is CCc1c(N2CCN(C(=O)OC(C)(C)C)CC2)c(=O)n2nc(-c3ccc4c(c3)COC4)nc2n1CC(=O)Nc1c(Cl)cc(C(F)(F)F)c2ccoc12. The van der Waals surface area contributed by atoms with Crippen LogP contribution in [0.4, 0.5) is 29.3 Å². The molecule has 5 aromatic rings. The zero-order chi connectivity index (χ0) is 37.1. The number of carbonyl (C=O) groups is 2. The molecule has 2 aliphatic heterocycles. The van der Waals surface area contributed by atoms with Crippen LogP contribution >= 0.6 is 11.6 Å². The zero-order valence-corrected chi connectivity index (χ0v) is 29.5. The number of rotatable bonds is 6. The average molecular weight is 742 g/mol. The summed E-state index contributed by atoms with van der Waals surface area (Å²) in [5.41, 5.74) is 0.920. The van der Waals surface area contributed by atoms with E-state index in [1.807, 2.05) is 30.0 Å². The van der Waals surface area contributed by atoms with Gasteiger partial charge in [-0.05, 0) is 56.5 Å². The second-order valence-electron chi connectivity index (χ2n) is 13.6. The fourth-order valence-corrected chi connectivity index (χ4v) is 6.82. The molecule has 0 aliphatic carbocycles. The molecule has 2 aliphatic rings. The first-order valence-electron chi connectivity index (χ1n) is 16.6. The standard InChI is InChI=1S/C35H35ClF3N7O6/c1-5-25-28(43-9-11-44(12-10-43)33(49)52-34(2,3)4)31(48)46-32(41-30(42-46)19-6-7-20-17-50-18-21(20)14-19)45(25)16-26(47)40-27-24(36)15-23(35(37,38)39)22-8-13-51-29(22)27/h6-8,13-15H,5,9-12,16-18H2,1-4H3,(H,40,47). The molecule has 0 radical (unpaired) electrons. The van der Waals surface area contributed by atoms with Crippen molar-refractivity contribution < 1.29 is 36.7 Å². The monoisotopic (exact) mass is 741 g/mol. The number of amides is 2. The normalized spacial score (nSPS) is 15.1. The van der Waals surface area contributed by atoms with E-state index in [2.05, 4.69) is 10.4 Å². The molecule has 0 spiro atoms. The Morgan fingerprint density at radius 1 is 1.04 bits per heavy atom. The summed E-state index contributed by atoms with van der Waals surface area (Å²) >= 11 is 6.30. The van der Waals surface area contributed by atoms with Crippen molar-refractivity contribution >= 4 is 51.7 Å². The number of hydrogen-bond donors (Lipinski definition) is 1. The summed E-state index contributed by atoms with van der Waals surface area (Å²) in [5.74, 6) is -0.334. The van der Waals surface area contributed by atoms with Crippen molar-refractivity contribution in [2.24, 2.45) is 0 Å². The summed E-state index contributed by atoms with van der Waals surface area (Å²) in [4.78, 5) is 49.1. The summed E-state index contributed by atoms with van der Waals surface area (Å²) in [6, 6.07) is 7.55. The Morgan fingerprint density at radius 3 is 2.46 bits per heavy atom. The minimum Gasteiger partial charge on any atom is -0.462 e. The van der Waals surface area contributed by atoms with Crippen LogP contribution in [0.25, 0.3) is 28.1 Å². The Morgan fingerprint density at radius 2 is 1.77 bits per heavy atom. The Bertz CT molecular complexity index is 2280. The van der Waals surface area contributed by atoms with E-state index in [-0.39, 0.29) is 52.1 Å². The number of nitrogens with zero attached hydrogens (tertiary/aromatic N) is 6. The Balaban J connectivity index is 1.29. The Kier molecular flexibility index (Phi) is 8.93. The number of piperazine rings is 1. The van der Waals surface area contributed by atoms with Crippen LogP contribution in [0.5, 0.6) is 0 Å². The predicted molar refractivity (Wildman–Crippen MR) is 185 cm³/mol.